The summed E-state index contributed by atoms with van der Waals surface area (Å²) in [6.07, 6.45) is 6.25. The Morgan fingerprint density at radius 2 is 2.00 bits per heavy atom. The number of carbonyl (C=O) groups excluding carboxylic acids is 1. The number of hydrazine groups is 1. The van der Waals surface area contributed by atoms with Gasteiger partial charge >= 0.3 is 0 Å². The summed E-state index contributed by atoms with van der Waals surface area (Å²) >= 11 is 0. The number of nitrogens with zero attached hydrogens (tertiary/aromatic N) is 2. The third-order valence-electron chi connectivity index (χ3n) is 6.26. The lowest BCUT2D eigenvalue weighted by Crippen LogP contribution is -2.56. The van der Waals surface area contributed by atoms with Crippen LogP contribution in [0.25, 0.3) is 0 Å². The monoisotopic (exact) mass is 446 g/mol. The summed E-state index contributed by atoms with van der Waals surface area (Å²) in [5, 5.41) is 0. The molecule has 1 aromatic carbocycles. The molecule has 166 valence electrons. The molecular formula is C22H27FN4O3S. The fraction of sp³-hybridized carbons (Fsp3) is 0.455. The van der Waals surface area contributed by atoms with Crippen LogP contribution in [0.3, 0.4) is 0 Å². The van der Waals surface area contributed by atoms with Crippen molar-refractivity contribution in [1.29, 1.82) is 0 Å². The summed E-state index contributed by atoms with van der Waals surface area (Å²) < 4.78 is 38.7. The molecule has 0 aliphatic carbocycles. The van der Waals surface area contributed by atoms with E-state index in [1.807, 2.05) is 19.2 Å². The molecule has 2 saturated heterocycles. The molecule has 2 aliphatic heterocycles. The van der Waals surface area contributed by atoms with Gasteiger partial charge in [0, 0.05) is 43.5 Å². The number of hydrogen-bond donors (Lipinski definition) is 2. The molecule has 0 saturated carbocycles. The number of rotatable bonds is 5. The van der Waals surface area contributed by atoms with Gasteiger partial charge in [-0.25, -0.2) is 12.8 Å². The van der Waals surface area contributed by atoms with Gasteiger partial charge in [-0.05, 0) is 67.6 Å². The van der Waals surface area contributed by atoms with Crippen molar-refractivity contribution in [2.24, 2.45) is 0 Å². The Kier molecular flexibility index (Phi) is 6.36. The zero-order chi connectivity index (χ0) is 22.0. The highest BCUT2D eigenvalue weighted by Crippen LogP contribution is 2.32. The quantitative estimate of drug-likeness (QED) is 0.683. The number of likely N-dealkylation sites (tertiary alicyclic amines) is 1. The standard InChI is InChI=1S/C22H27FN4O3S/c1-15-12-24-10-9-18(15)19-13-25-26-22(19)20-4-2-3-11-27(20)21(28)14-31(29,30)17-7-5-16(23)6-8-17/h5-10,12,19-20,22,25-26H,2-4,11,13-14H2,1H3. The molecule has 1 amide bonds. The van der Waals surface area contributed by atoms with Crippen LogP contribution in [0.15, 0.2) is 47.6 Å². The zero-order valence-electron chi connectivity index (χ0n) is 17.4. The first kappa shape index (κ1) is 21.9. The average Bonchev–Trinajstić information content (AvgIpc) is 3.23. The van der Waals surface area contributed by atoms with Crippen LogP contribution in [0.1, 0.15) is 36.3 Å². The van der Waals surface area contributed by atoms with E-state index >= 15 is 0 Å². The van der Waals surface area contributed by atoms with Gasteiger partial charge in [0.2, 0.25) is 5.91 Å². The van der Waals surface area contributed by atoms with Crippen LogP contribution >= 0.6 is 0 Å². The van der Waals surface area contributed by atoms with Crippen molar-refractivity contribution in [3.8, 4) is 0 Å². The zero-order valence-corrected chi connectivity index (χ0v) is 18.2. The fourth-order valence-corrected chi connectivity index (χ4v) is 5.90. The summed E-state index contributed by atoms with van der Waals surface area (Å²) in [4.78, 5) is 19.0. The van der Waals surface area contributed by atoms with Crippen LogP contribution in [-0.2, 0) is 14.6 Å². The second-order valence-corrected chi connectivity index (χ2v) is 10.2. The first-order valence-electron chi connectivity index (χ1n) is 10.5. The lowest BCUT2D eigenvalue weighted by molar-refractivity contribution is -0.132. The maximum Gasteiger partial charge on any atom is 0.238 e. The van der Waals surface area contributed by atoms with Crippen molar-refractivity contribution in [1.82, 2.24) is 20.7 Å². The van der Waals surface area contributed by atoms with E-state index in [0.717, 1.165) is 43.5 Å². The Balaban J connectivity index is 1.55. The van der Waals surface area contributed by atoms with Gasteiger partial charge in [-0.1, -0.05) is 0 Å². The molecule has 2 fully saturated rings. The second-order valence-electron chi connectivity index (χ2n) is 8.25. The lowest BCUT2D eigenvalue weighted by Gasteiger charge is -2.41. The Hall–Kier alpha value is -2.36. The summed E-state index contributed by atoms with van der Waals surface area (Å²) in [5.74, 6) is -1.39. The largest absolute Gasteiger partial charge is 0.337 e. The molecule has 0 bridgehead atoms. The van der Waals surface area contributed by atoms with Crippen molar-refractivity contribution >= 4 is 15.7 Å². The van der Waals surface area contributed by atoms with Crippen molar-refractivity contribution < 1.29 is 17.6 Å². The smallest absolute Gasteiger partial charge is 0.238 e. The molecule has 31 heavy (non-hydrogen) atoms. The molecule has 2 aliphatic rings. The number of halogens is 1. The SMILES string of the molecule is Cc1cnccc1C1CNNC1C1CCCCN1C(=O)CS(=O)(=O)c1ccc(F)cc1. The first-order valence-corrected chi connectivity index (χ1v) is 12.2. The van der Waals surface area contributed by atoms with E-state index in [1.54, 1.807) is 11.1 Å². The Morgan fingerprint density at radius 1 is 1.23 bits per heavy atom. The van der Waals surface area contributed by atoms with E-state index in [0.29, 0.717) is 6.54 Å². The minimum Gasteiger partial charge on any atom is -0.337 e. The highest BCUT2D eigenvalue weighted by molar-refractivity contribution is 7.92. The molecule has 3 unspecified atom stereocenters. The number of piperidine rings is 1. The number of sulfone groups is 1. The van der Waals surface area contributed by atoms with Crippen LogP contribution < -0.4 is 10.9 Å². The van der Waals surface area contributed by atoms with Gasteiger partial charge in [0.1, 0.15) is 11.6 Å². The minimum atomic E-state index is -3.85. The predicted octanol–water partition coefficient (Wildman–Crippen LogP) is 1.94. The predicted molar refractivity (Wildman–Crippen MR) is 114 cm³/mol. The van der Waals surface area contributed by atoms with Gasteiger partial charge < -0.3 is 4.90 Å². The summed E-state index contributed by atoms with van der Waals surface area (Å²) in [6.45, 7) is 3.28. The van der Waals surface area contributed by atoms with Gasteiger partial charge in [0.05, 0.1) is 4.90 Å². The number of pyridine rings is 1. The molecule has 9 heteroatoms. The third kappa shape index (κ3) is 4.63. The second kappa shape index (κ2) is 9.02. The van der Waals surface area contributed by atoms with Gasteiger partial charge in [0.25, 0.3) is 0 Å². The normalized spacial score (nSPS) is 24.3. The molecule has 3 heterocycles. The van der Waals surface area contributed by atoms with E-state index in [-0.39, 0.29) is 22.9 Å². The van der Waals surface area contributed by atoms with E-state index in [1.165, 1.54) is 17.7 Å². The molecule has 1 aromatic heterocycles. The molecule has 4 rings (SSSR count). The number of hydrogen-bond acceptors (Lipinski definition) is 6. The number of nitrogens with one attached hydrogen (secondary N) is 2. The summed E-state index contributed by atoms with van der Waals surface area (Å²) in [7, 11) is -3.85. The van der Waals surface area contributed by atoms with Gasteiger partial charge in [-0.2, -0.15) is 0 Å². The average molecular weight is 447 g/mol. The molecular weight excluding hydrogens is 419 g/mol. The summed E-state index contributed by atoms with van der Waals surface area (Å²) in [5.41, 5.74) is 8.82. The Labute approximate surface area is 181 Å². The van der Waals surface area contributed by atoms with Crippen molar-refractivity contribution in [3.63, 3.8) is 0 Å². The molecule has 0 radical (unpaired) electrons. The number of benzene rings is 1. The van der Waals surface area contributed by atoms with Crippen LogP contribution in [-0.4, -0.2) is 55.1 Å². The van der Waals surface area contributed by atoms with E-state index in [4.69, 9.17) is 0 Å². The maximum absolute atomic E-state index is 13.2. The number of amides is 1. The van der Waals surface area contributed by atoms with Gasteiger partial charge in [-0.3, -0.25) is 20.6 Å². The molecule has 0 spiro atoms. The number of carbonyl (C=O) groups is 1. The van der Waals surface area contributed by atoms with Crippen LogP contribution in [0.5, 0.6) is 0 Å². The first-order chi connectivity index (χ1) is 14.9. The van der Waals surface area contributed by atoms with Crippen LogP contribution in [0, 0.1) is 12.7 Å². The maximum atomic E-state index is 13.2. The minimum absolute atomic E-state index is 0.0288. The lowest BCUT2D eigenvalue weighted by atomic mass is 9.83. The number of aryl methyl sites for hydroxylation is 1. The van der Waals surface area contributed by atoms with E-state index < -0.39 is 27.3 Å². The van der Waals surface area contributed by atoms with Crippen molar-refractivity contribution in [2.45, 2.75) is 49.1 Å². The van der Waals surface area contributed by atoms with Gasteiger partial charge in [0.15, 0.2) is 9.84 Å². The highest BCUT2D eigenvalue weighted by atomic mass is 32.2. The van der Waals surface area contributed by atoms with Crippen LogP contribution in [0.4, 0.5) is 4.39 Å². The molecule has 7 nitrogen and oxygen atoms in total. The van der Waals surface area contributed by atoms with E-state index in [2.05, 4.69) is 15.8 Å². The third-order valence-corrected chi connectivity index (χ3v) is 7.88. The van der Waals surface area contributed by atoms with E-state index in [9.17, 15) is 17.6 Å². The number of aromatic nitrogens is 1. The highest BCUT2D eigenvalue weighted by Gasteiger charge is 2.41. The van der Waals surface area contributed by atoms with Crippen LogP contribution in [0.2, 0.25) is 0 Å². The molecule has 2 N–H and O–H groups in total. The molecule has 3 atom stereocenters. The summed E-state index contributed by atoms with van der Waals surface area (Å²) in [6, 6.07) is 6.46. The topological polar surface area (TPSA) is 91.4 Å². The Morgan fingerprint density at radius 3 is 2.74 bits per heavy atom. The fourth-order valence-electron chi connectivity index (χ4n) is 4.69. The van der Waals surface area contributed by atoms with Crippen molar-refractivity contribution in [2.75, 3.05) is 18.8 Å². The Bertz CT molecular complexity index is 1040. The van der Waals surface area contributed by atoms with Crippen molar-refractivity contribution in [3.05, 3.63) is 59.7 Å². The van der Waals surface area contributed by atoms with Gasteiger partial charge in [-0.15, -0.1) is 0 Å². The molecule has 2 aromatic rings.